The highest BCUT2D eigenvalue weighted by molar-refractivity contribution is 5.65. The van der Waals surface area contributed by atoms with E-state index < -0.39 is 0 Å². The summed E-state index contributed by atoms with van der Waals surface area (Å²) < 4.78 is 18.9. The second kappa shape index (κ2) is 9.41. The van der Waals surface area contributed by atoms with Crippen LogP contribution in [0, 0.1) is 5.82 Å². The van der Waals surface area contributed by atoms with Gasteiger partial charge in [0.25, 0.3) is 0 Å². The van der Waals surface area contributed by atoms with E-state index in [1.54, 1.807) is 7.11 Å². The molecule has 1 N–H and O–H groups in total. The first kappa shape index (κ1) is 20.6. The van der Waals surface area contributed by atoms with Crippen molar-refractivity contribution in [2.75, 3.05) is 20.7 Å². The van der Waals surface area contributed by atoms with Crippen molar-refractivity contribution < 1.29 is 9.13 Å². The summed E-state index contributed by atoms with van der Waals surface area (Å²) in [6.45, 7) is 1.83. The van der Waals surface area contributed by atoms with E-state index in [1.165, 1.54) is 24.1 Å². The molecule has 156 valence electrons. The smallest absolute Gasteiger partial charge is 0.123 e. The molecule has 0 spiro atoms. The summed E-state index contributed by atoms with van der Waals surface area (Å²) in [5.41, 5.74) is 4.52. The quantitative estimate of drug-likeness (QED) is 0.593. The van der Waals surface area contributed by atoms with Crippen LogP contribution in [-0.4, -0.2) is 31.6 Å². The fraction of sp³-hybridized carbons (Fsp3) is 0.308. The Hall–Kier alpha value is -2.69. The van der Waals surface area contributed by atoms with Crippen LogP contribution in [0.3, 0.4) is 0 Å². The van der Waals surface area contributed by atoms with Gasteiger partial charge in [-0.15, -0.1) is 0 Å². The van der Waals surface area contributed by atoms with Crippen LogP contribution in [0.15, 0.2) is 72.8 Å². The van der Waals surface area contributed by atoms with Crippen LogP contribution in [0.4, 0.5) is 4.39 Å². The van der Waals surface area contributed by atoms with Crippen LogP contribution in [0.25, 0.3) is 11.1 Å². The lowest BCUT2D eigenvalue weighted by atomic mass is 9.90. The topological polar surface area (TPSA) is 24.5 Å². The average molecular weight is 405 g/mol. The molecule has 0 amide bonds. The van der Waals surface area contributed by atoms with Crippen molar-refractivity contribution in [1.82, 2.24) is 10.2 Å². The summed E-state index contributed by atoms with van der Waals surface area (Å²) in [5, 5.41) is 3.80. The number of piperidine rings is 1. The van der Waals surface area contributed by atoms with Gasteiger partial charge >= 0.3 is 0 Å². The molecule has 0 aromatic heterocycles. The molecular formula is C26H29FN2O. The van der Waals surface area contributed by atoms with Gasteiger partial charge in [0, 0.05) is 24.2 Å². The Bertz CT molecular complexity index is 959. The minimum Gasteiger partial charge on any atom is -0.496 e. The van der Waals surface area contributed by atoms with Gasteiger partial charge in [0.05, 0.1) is 7.11 Å². The molecule has 1 fully saturated rings. The normalized spacial score (nSPS) is 19.6. The maximum absolute atomic E-state index is 13.3. The van der Waals surface area contributed by atoms with Crippen molar-refractivity contribution in [2.24, 2.45) is 0 Å². The largest absolute Gasteiger partial charge is 0.496 e. The predicted molar refractivity (Wildman–Crippen MR) is 120 cm³/mol. The van der Waals surface area contributed by atoms with Gasteiger partial charge in [-0.3, -0.25) is 4.90 Å². The number of likely N-dealkylation sites (N-methyl/N-ethyl adjacent to an activating group) is 1. The number of nitrogens with one attached hydrogen (secondary N) is 1. The van der Waals surface area contributed by atoms with E-state index >= 15 is 0 Å². The van der Waals surface area contributed by atoms with Gasteiger partial charge in [0.15, 0.2) is 0 Å². The van der Waals surface area contributed by atoms with Crippen molar-refractivity contribution in [2.45, 2.75) is 31.5 Å². The van der Waals surface area contributed by atoms with Crippen molar-refractivity contribution in [3.8, 4) is 16.9 Å². The van der Waals surface area contributed by atoms with Crippen LogP contribution in [0.5, 0.6) is 5.75 Å². The van der Waals surface area contributed by atoms with E-state index in [1.807, 2.05) is 24.3 Å². The van der Waals surface area contributed by atoms with E-state index in [0.29, 0.717) is 12.1 Å². The van der Waals surface area contributed by atoms with Crippen LogP contribution in [-0.2, 0) is 6.54 Å². The minimum atomic E-state index is -0.220. The highest BCUT2D eigenvalue weighted by Gasteiger charge is 2.30. The summed E-state index contributed by atoms with van der Waals surface area (Å²) in [5.74, 6) is 0.649. The molecule has 1 saturated heterocycles. The van der Waals surface area contributed by atoms with Crippen LogP contribution >= 0.6 is 0 Å². The Balaban J connectivity index is 1.55. The molecule has 1 aliphatic rings. The second-order valence-electron chi connectivity index (χ2n) is 8.00. The molecule has 3 aromatic rings. The number of hydrogen-bond donors (Lipinski definition) is 1. The van der Waals surface area contributed by atoms with Crippen molar-refractivity contribution >= 4 is 0 Å². The fourth-order valence-electron chi connectivity index (χ4n) is 4.50. The molecular weight excluding hydrogens is 375 g/mol. The summed E-state index contributed by atoms with van der Waals surface area (Å²) in [7, 11) is 3.92. The predicted octanol–water partition coefficient (Wildman–Crippen LogP) is 5.43. The van der Waals surface area contributed by atoms with E-state index in [9.17, 15) is 4.39 Å². The maximum Gasteiger partial charge on any atom is 0.123 e. The number of halogens is 1. The van der Waals surface area contributed by atoms with E-state index in [-0.39, 0.29) is 5.82 Å². The van der Waals surface area contributed by atoms with Gasteiger partial charge in [-0.1, -0.05) is 48.5 Å². The van der Waals surface area contributed by atoms with Gasteiger partial charge in [0.1, 0.15) is 11.6 Å². The number of nitrogens with zero attached hydrogens (tertiary/aromatic N) is 1. The third kappa shape index (κ3) is 4.55. The molecule has 30 heavy (non-hydrogen) atoms. The maximum atomic E-state index is 13.3. The number of likely N-dealkylation sites (tertiary alicyclic amines) is 1. The lowest BCUT2D eigenvalue weighted by Gasteiger charge is -2.40. The number of rotatable bonds is 6. The minimum absolute atomic E-state index is 0.220. The lowest BCUT2D eigenvalue weighted by Crippen LogP contribution is -2.46. The van der Waals surface area contributed by atoms with Gasteiger partial charge in [-0.05, 0) is 67.4 Å². The van der Waals surface area contributed by atoms with Crippen LogP contribution < -0.4 is 10.1 Å². The second-order valence-corrected chi connectivity index (χ2v) is 8.00. The van der Waals surface area contributed by atoms with Crippen LogP contribution in [0.2, 0.25) is 0 Å². The van der Waals surface area contributed by atoms with Gasteiger partial charge in [-0.25, -0.2) is 4.39 Å². The van der Waals surface area contributed by atoms with E-state index in [4.69, 9.17) is 4.74 Å². The Labute approximate surface area is 178 Å². The molecule has 4 rings (SSSR count). The third-order valence-corrected chi connectivity index (χ3v) is 6.04. The zero-order chi connectivity index (χ0) is 20.9. The number of benzene rings is 3. The molecule has 0 bridgehead atoms. The third-order valence-electron chi connectivity index (χ3n) is 6.04. The number of ether oxygens (including phenoxy) is 1. The Morgan fingerprint density at radius 1 is 1.00 bits per heavy atom. The van der Waals surface area contributed by atoms with Crippen molar-refractivity contribution in [3.63, 3.8) is 0 Å². The standard InChI is InChI=1S/C26H29FN2O/c1-29-16-6-9-24(26(29)20-7-4-3-5-8-20)28-18-22-17-21(12-15-25(22)30-2)19-10-13-23(27)14-11-19/h3-5,7-8,10-15,17,24,26,28H,6,9,16,18H2,1-2H3. The van der Waals surface area contributed by atoms with E-state index in [0.717, 1.165) is 42.0 Å². The molecule has 1 aliphatic heterocycles. The first-order chi connectivity index (χ1) is 14.7. The summed E-state index contributed by atoms with van der Waals surface area (Å²) in [6, 6.07) is 24.3. The van der Waals surface area contributed by atoms with Crippen molar-refractivity contribution in [3.05, 3.63) is 89.7 Å². The fourth-order valence-corrected chi connectivity index (χ4v) is 4.50. The SMILES string of the molecule is COc1ccc(-c2ccc(F)cc2)cc1CNC1CCCN(C)C1c1ccccc1. The molecule has 4 heteroatoms. The summed E-state index contributed by atoms with van der Waals surface area (Å²) in [4.78, 5) is 2.45. The van der Waals surface area contributed by atoms with Gasteiger partial charge in [-0.2, -0.15) is 0 Å². The molecule has 2 atom stereocenters. The molecule has 1 heterocycles. The molecule has 3 nitrogen and oxygen atoms in total. The van der Waals surface area contributed by atoms with Gasteiger partial charge < -0.3 is 10.1 Å². The molecule has 0 saturated carbocycles. The van der Waals surface area contributed by atoms with Crippen LogP contribution in [0.1, 0.15) is 30.0 Å². The zero-order valence-electron chi connectivity index (χ0n) is 17.6. The Morgan fingerprint density at radius 3 is 2.47 bits per heavy atom. The lowest BCUT2D eigenvalue weighted by molar-refractivity contribution is 0.141. The Kier molecular flexibility index (Phi) is 6.46. The highest BCUT2D eigenvalue weighted by atomic mass is 19.1. The van der Waals surface area contributed by atoms with Gasteiger partial charge in [0.2, 0.25) is 0 Å². The Morgan fingerprint density at radius 2 is 1.73 bits per heavy atom. The van der Waals surface area contributed by atoms with E-state index in [2.05, 4.69) is 53.7 Å². The van der Waals surface area contributed by atoms with Crippen molar-refractivity contribution in [1.29, 1.82) is 0 Å². The average Bonchev–Trinajstić information content (AvgIpc) is 2.78. The first-order valence-corrected chi connectivity index (χ1v) is 10.6. The molecule has 3 aromatic carbocycles. The number of methoxy groups -OCH3 is 1. The summed E-state index contributed by atoms with van der Waals surface area (Å²) >= 11 is 0. The monoisotopic (exact) mass is 404 g/mol. The molecule has 2 unspecified atom stereocenters. The summed E-state index contributed by atoms with van der Waals surface area (Å²) in [6.07, 6.45) is 2.33. The molecule has 0 radical (unpaired) electrons. The highest BCUT2D eigenvalue weighted by Crippen LogP contribution is 2.31. The zero-order valence-corrected chi connectivity index (χ0v) is 17.6. The first-order valence-electron chi connectivity index (χ1n) is 10.6. The number of hydrogen-bond acceptors (Lipinski definition) is 3. The molecule has 0 aliphatic carbocycles.